The van der Waals surface area contributed by atoms with Gasteiger partial charge in [0.2, 0.25) is 5.89 Å². The van der Waals surface area contributed by atoms with Crippen LogP contribution in [0.4, 0.5) is 14.5 Å². The molecule has 2 aliphatic heterocycles. The van der Waals surface area contributed by atoms with Gasteiger partial charge in [-0.15, -0.1) is 0 Å². The molecule has 1 atom stereocenters. The molecule has 0 saturated carbocycles. The first kappa shape index (κ1) is 21.0. The molecule has 1 unspecified atom stereocenters. The highest BCUT2D eigenvalue weighted by Gasteiger charge is 2.25. The first-order valence-corrected chi connectivity index (χ1v) is 10.7. The summed E-state index contributed by atoms with van der Waals surface area (Å²) in [4.78, 5) is 25.6. The van der Waals surface area contributed by atoms with Gasteiger partial charge in [-0.25, -0.2) is 13.8 Å². The molecule has 0 radical (unpaired) electrons. The highest BCUT2D eigenvalue weighted by Crippen LogP contribution is 2.24. The third-order valence-corrected chi connectivity index (χ3v) is 6.01. The molecular weight excluding hydrogens is 422 g/mol. The molecule has 5 rings (SSSR count). The van der Waals surface area contributed by atoms with Crippen molar-refractivity contribution in [3.8, 4) is 0 Å². The van der Waals surface area contributed by atoms with Crippen LogP contribution in [0.15, 0.2) is 33.8 Å². The fraction of sp³-hybridized carbons (Fsp3) is 0.524. The average Bonchev–Trinajstić information content (AvgIpc) is 3.48. The van der Waals surface area contributed by atoms with E-state index in [0.717, 1.165) is 49.5 Å². The number of anilines is 1. The lowest BCUT2D eigenvalue weighted by Crippen LogP contribution is -2.46. The van der Waals surface area contributed by atoms with E-state index in [1.54, 1.807) is 6.07 Å². The third-order valence-electron chi connectivity index (χ3n) is 6.01. The number of hydrogen-bond acceptors (Lipinski definition) is 8. The number of fused-ring (bicyclic) bond motifs is 1. The standard InChI is InChI=1S/C21H24F2N6O3/c22-18(23)10-29-13-24-17-9-15(1-2-16(17)21(29)30)28-6-4-27(5-7-28)11-19-25-20(32-26-19)14-3-8-31-12-14/h1-2,9,13-14,18H,3-8,10-12H2. The van der Waals surface area contributed by atoms with Gasteiger partial charge >= 0.3 is 0 Å². The fourth-order valence-electron chi connectivity index (χ4n) is 4.21. The number of halogens is 2. The molecule has 2 aromatic heterocycles. The summed E-state index contributed by atoms with van der Waals surface area (Å²) in [5.41, 5.74) is 1.02. The van der Waals surface area contributed by atoms with Gasteiger partial charge in [0.25, 0.3) is 12.0 Å². The topological polar surface area (TPSA) is 89.5 Å². The number of aromatic nitrogens is 4. The maximum Gasteiger partial charge on any atom is 0.261 e. The molecule has 170 valence electrons. The van der Waals surface area contributed by atoms with E-state index in [-0.39, 0.29) is 5.92 Å². The van der Waals surface area contributed by atoms with Crippen LogP contribution in [0, 0.1) is 0 Å². The highest BCUT2D eigenvalue weighted by molar-refractivity contribution is 5.81. The Labute approximate surface area is 182 Å². The van der Waals surface area contributed by atoms with Crippen molar-refractivity contribution in [2.75, 3.05) is 44.3 Å². The van der Waals surface area contributed by atoms with Gasteiger partial charge in [0.05, 0.1) is 42.8 Å². The van der Waals surface area contributed by atoms with E-state index in [9.17, 15) is 13.6 Å². The third kappa shape index (κ3) is 4.35. The number of alkyl halides is 2. The molecule has 3 aromatic rings. The summed E-state index contributed by atoms with van der Waals surface area (Å²) in [5.74, 6) is 1.55. The predicted molar refractivity (Wildman–Crippen MR) is 112 cm³/mol. The van der Waals surface area contributed by atoms with Crippen LogP contribution in [-0.2, 0) is 17.8 Å². The first-order valence-electron chi connectivity index (χ1n) is 10.7. The van der Waals surface area contributed by atoms with E-state index in [4.69, 9.17) is 9.26 Å². The quantitative estimate of drug-likeness (QED) is 0.567. The summed E-state index contributed by atoms with van der Waals surface area (Å²) in [6.45, 7) is 4.62. The maximum atomic E-state index is 12.6. The minimum absolute atomic E-state index is 0.203. The normalized spacial score (nSPS) is 20.0. The van der Waals surface area contributed by atoms with Crippen molar-refractivity contribution in [3.63, 3.8) is 0 Å². The minimum Gasteiger partial charge on any atom is -0.381 e. The van der Waals surface area contributed by atoms with Gasteiger partial charge < -0.3 is 14.2 Å². The van der Waals surface area contributed by atoms with Crippen LogP contribution >= 0.6 is 0 Å². The zero-order valence-corrected chi connectivity index (χ0v) is 17.5. The maximum absolute atomic E-state index is 12.6. The first-order chi connectivity index (χ1) is 15.6. The van der Waals surface area contributed by atoms with Gasteiger partial charge in [0.15, 0.2) is 5.82 Å². The molecule has 2 aliphatic rings. The van der Waals surface area contributed by atoms with Gasteiger partial charge in [-0.2, -0.15) is 4.98 Å². The molecule has 4 heterocycles. The lowest BCUT2D eigenvalue weighted by Gasteiger charge is -2.35. The molecule has 0 spiro atoms. The summed E-state index contributed by atoms with van der Waals surface area (Å²) < 4.78 is 37.0. The summed E-state index contributed by atoms with van der Waals surface area (Å²) in [5, 5.41) is 4.46. The lowest BCUT2D eigenvalue weighted by molar-refractivity contribution is 0.125. The Bertz CT molecular complexity index is 1140. The molecule has 9 nitrogen and oxygen atoms in total. The number of hydrogen-bond donors (Lipinski definition) is 0. The highest BCUT2D eigenvalue weighted by atomic mass is 19.3. The van der Waals surface area contributed by atoms with Crippen molar-refractivity contribution in [1.82, 2.24) is 24.6 Å². The molecule has 0 bridgehead atoms. The molecule has 1 aromatic carbocycles. The number of rotatable bonds is 6. The largest absolute Gasteiger partial charge is 0.381 e. The van der Waals surface area contributed by atoms with Crippen LogP contribution < -0.4 is 10.5 Å². The fourth-order valence-corrected chi connectivity index (χ4v) is 4.21. The van der Waals surface area contributed by atoms with Crippen molar-refractivity contribution >= 4 is 16.6 Å². The van der Waals surface area contributed by atoms with E-state index < -0.39 is 18.5 Å². The van der Waals surface area contributed by atoms with Gasteiger partial charge in [-0.3, -0.25) is 14.3 Å². The number of nitrogens with zero attached hydrogens (tertiary/aromatic N) is 6. The van der Waals surface area contributed by atoms with E-state index in [0.29, 0.717) is 35.8 Å². The van der Waals surface area contributed by atoms with Crippen LogP contribution in [0.1, 0.15) is 24.1 Å². The Kier molecular flexibility index (Phi) is 5.83. The van der Waals surface area contributed by atoms with Crippen LogP contribution in [0.5, 0.6) is 0 Å². The lowest BCUT2D eigenvalue weighted by atomic mass is 10.1. The zero-order valence-electron chi connectivity index (χ0n) is 17.5. The van der Waals surface area contributed by atoms with Crippen LogP contribution in [0.3, 0.4) is 0 Å². The molecule has 0 amide bonds. The Balaban J connectivity index is 1.21. The second-order valence-electron chi connectivity index (χ2n) is 8.17. The van der Waals surface area contributed by atoms with Crippen LogP contribution in [0.2, 0.25) is 0 Å². The SMILES string of the molecule is O=c1c2ccc(N3CCN(Cc4noc(C5CCOC5)n4)CC3)cc2ncn1CC(F)F. The number of ether oxygens (including phenoxy) is 1. The van der Waals surface area contributed by atoms with Crippen molar-refractivity contribution in [3.05, 3.63) is 46.6 Å². The van der Waals surface area contributed by atoms with E-state index >= 15 is 0 Å². The summed E-state index contributed by atoms with van der Waals surface area (Å²) in [6, 6.07) is 5.36. The van der Waals surface area contributed by atoms with Gasteiger partial charge in [0, 0.05) is 38.5 Å². The zero-order chi connectivity index (χ0) is 22.1. The van der Waals surface area contributed by atoms with E-state index in [1.165, 1.54) is 6.33 Å². The molecule has 11 heteroatoms. The summed E-state index contributed by atoms with van der Waals surface area (Å²) in [6.07, 6.45) is -0.491. The molecule has 32 heavy (non-hydrogen) atoms. The summed E-state index contributed by atoms with van der Waals surface area (Å²) in [7, 11) is 0. The minimum atomic E-state index is -2.60. The van der Waals surface area contributed by atoms with Crippen molar-refractivity contribution in [2.24, 2.45) is 0 Å². The summed E-state index contributed by atoms with van der Waals surface area (Å²) >= 11 is 0. The van der Waals surface area contributed by atoms with Crippen molar-refractivity contribution in [1.29, 1.82) is 0 Å². The molecular formula is C21H24F2N6O3. The second kappa shape index (κ2) is 8.91. The van der Waals surface area contributed by atoms with Crippen molar-refractivity contribution in [2.45, 2.75) is 31.9 Å². The monoisotopic (exact) mass is 446 g/mol. The second-order valence-corrected chi connectivity index (χ2v) is 8.17. The number of piperazine rings is 1. The molecule has 2 fully saturated rings. The van der Waals surface area contributed by atoms with Crippen LogP contribution in [-0.4, -0.2) is 70.4 Å². The Hall–Kier alpha value is -2.92. The molecule has 0 N–H and O–H groups in total. The Morgan fingerprint density at radius 2 is 2.03 bits per heavy atom. The van der Waals surface area contributed by atoms with Crippen LogP contribution in [0.25, 0.3) is 10.9 Å². The number of benzene rings is 1. The van der Waals surface area contributed by atoms with Gasteiger partial charge in [-0.05, 0) is 24.6 Å². The molecule has 2 saturated heterocycles. The smallest absolute Gasteiger partial charge is 0.261 e. The van der Waals surface area contributed by atoms with E-state index in [2.05, 4.69) is 24.9 Å². The molecule has 0 aliphatic carbocycles. The van der Waals surface area contributed by atoms with Crippen molar-refractivity contribution < 1.29 is 18.0 Å². The predicted octanol–water partition coefficient (Wildman–Crippen LogP) is 1.87. The van der Waals surface area contributed by atoms with E-state index in [1.807, 2.05) is 12.1 Å². The Morgan fingerprint density at radius 1 is 1.19 bits per heavy atom. The van der Waals surface area contributed by atoms with Gasteiger partial charge in [0.1, 0.15) is 0 Å². The van der Waals surface area contributed by atoms with Gasteiger partial charge in [-0.1, -0.05) is 5.16 Å². The average molecular weight is 446 g/mol. The Morgan fingerprint density at radius 3 is 2.78 bits per heavy atom.